The summed E-state index contributed by atoms with van der Waals surface area (Å²) in [6.45, 7) is 7.61. The van der Waals surface area contributed by atoms with Crippen molar-refractivity contribution in [3.8, 4) is 0 Å². The molecule has 2 N–H and O–H groups in total. The highest BCUT2D eigenvalue weighted by Crippen LogP contribution is 2.05. The van der Waals surface area contributed by atoms with Crippen LogP contribution in [-0.4, -0.2) is 48.8 Å². The fourth-order valence-electron chi connectivity index (χ4n) is 0.858. The third kappa shape index (κ3) is 6.02. The van der Waals surface area contributed by atoms with Gasteiger partial charge in [-0.2, -0.15) is 0 Å². The van der Waals surface area contributed by atoms with E-state index in [4.69, 9.17) is 0 Å². The molecule has 0 radical (unpaired) electrons. The van der Waals surface area contributed by atoms with E-state index in [9.17, 15) is 5.11 Å². The van der Waals surface area contributed by atoms with Crippen molar-refractivity contribution in [2.24, 2.45) is 0 Å². The molecule has 2 atom stereocenters. The summed E-state index contributed by atoms with van der Waals surface area (Å²) in [4.78, 5) is 2.16. The molecule has 0 aliphatic heterocycles. The van der Waals surface area contributed by atoms with Gasteiger partial charge in [-0.3, -0.25) is 0 Å². The molecule has 3 nitrogen and oxygen atoms in total. The van der Waals surface area contributed by atoms with Crippen LogP contribution in [0.15, 0.2) is 0 Å². The molecule has 0 spiro atoms. The van der Waals surface area contributed by atoms with Crippen molar-refractivity contribution in [1.82, 2.24) is 10.2 Å². The van der Waals surface area contributed by atoms with Crippen molar-refractivity contribution >= 4 is 0 Å². The Balaban J connectivity index is 3.56. The Morgan fingerprint density at radius 1 is 1.46 bits per heavy atom. The Labute approximate surface area is 82.1 Å². The van der Waals surface area contributed by atoms with Gasteiger partial charge in [-0.25, -0.2) is 0 Å². The van der Waals surface area contributed by atoms with Gasteiger partial charge in [0.15, 0.2) is 0 Å². The lowest BCUT2D eigenvalue weighted by Crippen LogP contribution is -2.42. The minimum atomic E-state index is -0.563. The summed E-state index contributed by atoms with van der Waals surface area (Å²) >= 11 is 0. The zero-order valence-electron chi connectivity index (χ0n) is 9.59. The first kappa shape index (κ1) is 12.9. The number of likely N-dealkylation sites (N-methyl/N-ethyl adjacent to an activating group) is 1. The lowest BCUT2D eigenvalue weighted by Gasteiger charge is -2.25. The number of aliphatic hydroxyl groups is 1. The molecule has 0 aliphatic carbocycles. The van der Waals surface area contributed by atoms with E-state index in [1.54, 1.807) is 0 Å². The molecule has 0 aromatic heterocycles. The average molecular weight is 188 g/mol. The maximum absolute atomic E-state index is 9.70. The van der Waals surface area contributed by atoms with Crippen molar-refractivity contribution in [1.29, 1.82) is 0 Å². The molecule has 2 unspecified atom stereocenters. The van der Waals surface area contributed by atoms with Crippen LogP contribution in [0.2, 0.25) is 0 Å². The lowest BCUT2D eigenvalue weighted by molar-refractivity contribution is 0.0545. The molecule has 13 heavy (non-hydrogen) atoms. The van der Waals surface area contributed by atoms with Crippen LogP contribution in [-0.2, 0) is 0 Å². The summed E-state index contributed by atoms with van der Waals surface area (Å²) in [7, 11) is 4.12. The third-order valence-corrected chi connectivity index (χ3v) is 2.59. The molecular weight excluding hydrogens is 164 g/mol. The number of rotatable bonds is 6. The van der Waals surface area contributed by atoms with Crippen LogP contribution in [0.4, 0.5) is 0 Å². The monoisotopic (exact) mass is 188 g/mol. The highest BCUT2D eigenvalue weighted by Gasteiger charge is 2.16. The van der Waals surface area contributed by atoms with Crippen LogP contribution in [0.5, 0.6) is 0 Å². The van der Waals surface area contributed by atoms with Gasteiger partial charge in [0.25, 0.3) is 0 Å². The molecule has 0 bridgehead atoms. The summed E-state index contributed by atoms with van der Waals surface area (Å²) in [5.41, 5.74) is -0.563. The number of hydrogen-bond donors (Lipinski definition) is 2. The van der Waals surface area contributed by atoms with Crippen LogP contribution in [0.1, 0.15) is 27.2 Å². The van der Waals surface area contributed by atoms with E-state index >= 15 is 0 Å². The molecular formula is C10H24N2O. The average Bonchev–Trinajstić information content (AvgIpc) is 2.04. The molecule has 80 valence electrons. The van der Waals surface area contributed by atoms with Gasteiger partial charge in [0.1, 0.15) is 0 Å². The summed E-state index contributed by atoms with van der Waals surface area (Å²) in [6, 6.07) is 0.507. The molecule has 0 heterocycles. The summed E-state index contributed by atoms with van der Waals surface area (Å²) < 4.78 is 0. The molecule has 3 heteroatoms. The molecule has 0 saturated carbocycles. The highest BCUT2D eigenvalue weighted by molar-refractivity contribution is 4.74. The van der Waals surface area contributed by atoms with E-state index < -0.39 is 5.60 Å². The Morgan fingerprint density at radius 2 is 2.00 bits per heavy atom. The van der Waals surface area contributed by atoms with E-state index in [1.165, 1.54) is 0 Å². The number of nitrogens with one attached hydrogen (secondary N) is 1. The minimum Gasteiger partial charge on any atom is -0.389 e. The van der Waals surface area contributed by atoms with Gasteiger partial charge >= 0.3 is 0 Å². The van der Waals surface area contributed by atoms with Crippen molar-refractivity contribution in [2.75, 3.05) is 27.2 Å². The van der Waals surface area contributed by atoms with E-state index in [-0.39, 0.29) is 0 Å². The van der Waals surface area contributed by atoms with E-state index in [0.717, 1.165) is 13.0 Å². The quantitative estimate of drug-likeness (QED) is 0.643. The van der Waals surface area contributed by atoms with Gasteiger partial charge < -0.3 is 15.3 Å². The molecule has 0 aromatic carbocycles. The van der Waals surface area contributed by atoms with Gasteiger partial charge in [-0.05, 0) is 34.4 Å². The second-order valence-electron chi connectivity index (χ2n) is 4.29. The molecule has 0 rings (SSSR count). The van der Waals surface area contributed by atoms with Crippen LogP contribution in [0.25, 0.3) is 0 Å². The normalized spacial score (nSPS) is 18.7. The molecule has 0 saturated heterocycles. The largest absolute Gasteiger partial charge is 0.389 e. The predicted molar refractivity (Wildman–Crippen MR) is 56.9 cm³/mol. The van der Waals surface area contributed by atoms with E-state index in [2.05, 4.69) is 31.2 Å². The van der Waals surface area contributed by atoms with Crippen LogP contribution < -0.4 is 5.32 Å². The van der Waals surface area contributed by atoms with E-state index in [1.807, 2.05) is 13.8 Å². The van der Waals surface area contributed by atoms with Gasteiger partial charge in [-0.1, -0.05) is 6.92 Å². The first-order chi connectivity index (χ1) is 5.89. The highest BCUT2D eigenvalue weighted by atomic mass is 16.3. The van der Waals surface area contributed by atoms with Gasteiger partial charge in [0, 0.05) is 19.1 Å². The first-order valence-electron chi connectivity index (χ1n) is 4.98. The van der Waals surface area contributed by atoms with Crippen molar-refractivity contribution < 1.29 is 5.11 Å². The maximum atomic E-state index is 9.70. The smallest absolute Gasteiger partial charge is 0.0741 e. The standard InChI is InChI=1S/C10H24N2O/c1-6-10(3,13)8-11-7-9(2)12(4)5/h9,11,13H,6-8H2,1-5H3. The fourth-order valence-corrected chi connectivity index (χ4v) is 0.858. The van der Waals surface area contributed by atoms with Crippen LogP contribution >= 0.6 is 0 Å². The zero-order chi connectivity index (χ0) is 10.5. The zero-order valence-corrected chi connectivity index (χ0v) is 9.59. The second kappa shape index (κ2) is 5.58. The fraction of sp³-hybridized carbons (Fsp3) is 1.00. The second-order valence-corrected chi connectivity index (χ2v) is 4.29. The Hall–Kier alpha value is -0.120. The van der Waals surface area contributed by atoms with Crippen LogP contribution in [0.3, 0.4) is 0 Å². The Kier molecular flexibility index (Phi) is 5.53. The van der Waals surface area contributed by atoms with Gasteiger partial charge in [0.2, 0.25) is 0 Å². The summed E-state index contributed by atoms with van der Waals surface area (Å²) in [6.07, 6.45) is 0.788. The topological polar surface area (TPSA) is 35.5 Å². The minimum absolute atomic E-state index is 0.507. The lowest BCUT2D eigenvalue weighted by atomic mass is 10.0. The predicted octanol–water partition coefficient (Wildman–Crippen LogP) is 0.687. The SMILES string of the molecule is CCC(C)(O)CNCC(C)N(C)C. The molecule has 0 aromatic rings. The van der Waals surface area contributed by atoms with Crippen molar-refractivity contribution in [3.05, 3.63) is 0 Å². The number of nitrogens with zero attached hydrogens (tertiary/aromatic N) is 1. The molecule has 0 amide bonds. The molecule has 0 aliphatic rings. The van der Waals surface area contributed by atoms with Crippen molar-refractivity contribution in [3.63, 3.8) is 0 Å². The van der Waals surface area contributed by atoms with Crippen molar-refractivity contribution in [2.45, 2.75) is 38.8 Å². The summed E-state index contributed by atoms with van der Waals surface area (Å²) in [5.74, 6) is 0. The molecule has 0 fully saturated rings. The van der Waals surface area contributed by atoms with E-state index in [0.29, 0.717) is 12.6 Å². The summed E-state index contributed by atoms with van der Waals surface area (Å²) in [5, 5.41) is 13.0. The third-order valence-electron chi connectivity index (χ3n) is 2.59. The van der Waals surface area contributed by atoms with Gasteiger partial charge in [0.05, 0.1) is 5.60 Å². The first-order valence-corrected chi connectivity index (χ1v) is 4.98. The number of hydrogen-bond acceptors (Lipinski definition) is 3. The van der Waals surface area contributed by atoms with Gasteiger partial charge in [-0.15, -0.1) is 0 Å². The Bertz CT molecular complexity index is 135. The Morgan fingerprint density at radius 3 is 2.38 bits per heavy atom. The maximum Gasteiger partial charge on any atom is 0.0741 e. The van der Waals surface area contributed by atoms with Crippen LogP contribution in [0, 0.1) is 0 Å².